The summed E-state index contributed by atoms with van der Waals surface area (Å²) < 4.78 is 5.73. The number of aromatic nitrogens is 1. The molecule has 0 spiro atoms. The van der Waals surface area contributed by atoms with Crippen molar-refractivity contribution in [1.29, 1.82) is 0 Å². The van der Waals surface area contributed by atoms with Crippen LogP contribution in [0.25, 0.3) is 0 Å². The van der Waals surface area contributed by atoms with Crippen molar-refractivity contribution in [2.75, 3.05) is 12.4 Å². The van der Waals surface area contributed by atoms with Crippen LogP contribution in [-0.2, 0) is 9.53 Å². The van der Waals surface area contributed by atoms with Gasteiger partial charge in [0.15, 0.2) is 6.04 Å². The van der Waals surface area contributed by atoms with Crippen LogP contribution >= 0.6 is 27.3 Å². The number of benzene rings is 1. The minimum Gasteiger partial charge on any atom is -0.467 e. The molecule has 1 aromatic heterocycles. The summed E-state index contributed by atoms with van der Waals surface area (Å²) in [5, 5.41) is 4.94. The average Bonchev–Trinajstić information content (AvgIpc) is 2.89. The fourth-order valence-corrected chi connectivity index (χ4v) is 2.46. The molecule has 1 aromatic carbocycles. The van der Waals surface area contributed by atoms with Crippen LogP contribution in [0.1, 0.15) is 11.7 Å². The van der Waals surface area contributed by atoms with Gasteiger partial charge in [0, 0.05) is 15.5 Å². The van der Waals surface area contributed by atoms with Gasteiger partial charge in [-0.1, -0.05) is 22.0 Å². The average molecular weight is 327 g/mol. The summed E-state index contributed by atoms with van der Waals surface area (Å²) >= 11 is 4.83. The lowest BCUT2D eigenvalue weighted by Crippen LogP contribution is -2.22. The van der Waals surface area contributed by atoms with Gasteiger partial charge < -0.3 is 10.1 Å². The van der Waals surface area contributed by atoms with Crippen molar-refractivity contribution < 1.29 is 9.53 Å². The monoisotopic (exact) mass is 326 g/mol. The largest absolute Gasteiger partial charge is 0.467 e. The molecule has 0 radical (unpaired) electrons. The summed E-state index contributed by atoms with van der Waals surface area (Å²) in [6.45, 7) is 0. The van der Waals surface area contributed by atoms with Gasteiger partial charge in [-0.05, 0) is 18.2 Å². The molecule has 1 N–H and O–H groups in total. The Morgan fingerprint density at radius 3 is 3.00 bits per heavy atom. The van der Waals surface area contributed by atoms with E-state index in [0.717, 1.165) is 10.2 Å². The number of anilines is 1. The number of esters is 1. The number of rotatable bonds is 4. The molecule has 1 unspecified atom stereocenters. The minimum atomic E-state index is -0.587. The Kier molecular flexibility index (Phi) is 4.33. The van der Waals surface area contributed by atoms with E-state index in [0.29, 0.717) is 5.69 Å². The van der Waals surface area contributed by atoms with Crippen molar-refractivity contribution in [3.05, 3.63) is 45.3 Å². The first-order valence-corrected chi connectivity index (χ1v) is 6.92. The van der Waals surface area contributed by atoms with Crippen LogP contribution < -0.4 is 5.32 Å². The fourth-order valence-electron chi connectivity index (χ4n) is 1.48. The summed E-state index contributed by atoms with van der Waals surface area (Å²) in [5.41, 5.74) is 3.17. The molecule has 0 fully saturated rings. The molecule has 6 heteroatoms. The smallest absolute Gasteiger partial charge is 0.334 e. The van der Waals surface area contributed by atoms with Gasteiger partial charge >= 0.3 is 5.97 Å². The van der Waals surface area contributed by atoms with Gasteiger partial charge in [0.2, 0.25) is 0 Å². The zero-order valence-corrected chi connectivity index (χ0v) is 12.0. The first-order valence-electron chi connectivity index (χ1n) is 5.18. The highest BCUT2D eigenvalue weighted by Crippen LogP contribution is 2.23. The summed E-state index contributed by atoms with van der Waals surface area (Å²) in [6.07, 6.45) is 0. The number of thiazole rings is 1. The van der Waals surface area contributed by atoms with E-state index >= 15 is 0 Å². The molecule has 0 aliphatic carbocycles. The second kappa shape index (κ2) is 5.97. The molecule has 0 saturated carbocycles. The van der Waals surface area contributed by atoms with Crippen LogP contribution in [0.2, 0.25) is 0 Å². The molecule has 1 heterocycles. The van der Waals surface area contributed by atoms with Crippen LogP contribution in [0.5, 0.6) is 0 Å². The third kappa shape index (κ3) is 3.08. The maximum atomic E-state index is 11.8. The fraction of sp³-hybridized carbons (Fsp3) is 0.167. The maximum absolute atomic E-state index is 11.8. The number of halogens is 1. The van der Waals surface area contributed by atoms with Crippen LogP contribution in [0.3, 0.4) is 0 Å². The summed E-state index contributed by atoms with van der Waals surface area (Å²) in [7, 11) is 1.37. The van der Waals surface area contributed by atoms with E-state index in [9.17, 15) is 4.79 Å². The molecular formula is C12H11BrN2O2S. The quantitative estimate of drug-likeness (QED) is 0.876. The molecule has 1 atom stereocenters. The van der Waals surface area contributed by atoms with Crippen molar-refractivity contribution in [3.63, 3.8) is 0 Å². The van der Waals surface area contributed by atoms with Gasteiger partial charge in [0.25, 0.3) is 0 Å². The minimum absolute atomic E-state index is 0.360. The van der Waals surface area contributed by atoms with Crippen molar-refractivity contribution in [2.45, 2.75) is 6.04 Å². The lowest BCUT2D eigenvalue weighted by molar-refractivity contribution is -0.141. The van der Waals surface area contributed by atoms with Crippen LogP contribution in [0.4, 0.5) is 5.69 Å². The van der Waals surface area contributed by atoms with E-state index in [-0.39, 0.29) is 5.97 Å². The van der Waals surface area contributed by atoms with Crippen molar-refractivity contribution in [3.8, 4) is 0 Å². The number of carbonyl (C=O) groups excluding carboxylic acids is 1. The molecule has 0 aliphatic heterocycles. The van der Waals surface area contributed by atoms with E-state index in [2.05, 4.69) is 26.2 Å². The Hall–Kier alpha value is -1.40. The summed E-state index contributed by atoms with van der Waals surface area (Å²) in [5.74, 6) is -0.360. The predicted molar refractivity (Wildman–Crippen MR) is 74.6 cm³/mol. The number of nitrogens with one attached hydrogen (secondary N) is 1. The molecule has 0 bridgehead atoms. The van der Waals surface area contributed by atoms with Gasteiger partial charge in [-0.25, -0.2) is 9.78 Å². The molecule has 2 rings (SSSR count). The van der Waals surface area contributed by atoms with Gasteiger partial charge in [0.05, 0.1) is 18.3 Å². The molecule has 4 nitrogen and oxygen atoms in total. The highest BCUT2D eigenvalue weighted by atomic mass is 79.9. The van der Waals surface area contributed by atoms with Gasteiger partial charge in [0.1, 0.15) is 0 Å². The van der Waals surface area contributed by atoms with Gasteiger partial charge in [-0.3, -0.25) is 0 Å². The van der Waals surface area contributed by atoms with Gasteiger partial charge in [-0.2, -0.15) is 0 Å². The molecule has 18 heavy (non-hydrogen) atoms. The molecule has 94 valence electrons. The zero-order chi connectivity index (χ0) is 13.0. The van der Waals surface area contributed by atoms with E-state index in [1.54, 1.807) is 5.51 Å². The highest BCUT2D eigenvalue weighted by molar-refractivity contribution is 9.10. The third-order valence-corrected chi connectivity index (χ3v) is 3.42. The zero-order valence-electron chi connectivity index (χ0n) is 9.59. The number of ether oxygens (including phenoxy) is 1. The Bertz CT molecular complexity index is 531. The van der Waals surface area contributed by atoms with Crippen molar-refractivity contribution in [2.24, 2.45) is 0 Å². The van der Waals surface area contributed by atoms with Crippen LogP contribution in [-0.4, -0.2) is 18.1 Å². The van der Waals surface area contributed by atoms with Crippen molar-refractivity contribution in [1.82, 2.24) is 4.98 Å². The number of carbonyl (C=O) groups is 1. The molecule has 2 aromatic rings. The van der Waals surface area contributed by atoms with Crippen LogP contribution in [0.15, 0.2) is 39.6 Å². The number of hydrogen-bond acceptors (Lipinski definition) is 5. The van der Waals surface area contributed by atoms with E-state index in [1.807, 2.05) is 29.6 Å². The van der Waals surface area contributed by atoms with Gasteiger partial charge in [-0.15, -0.1) is 11.3 Å². The normalized spacial score (nSPS) is 11.9. The Labute approximate surface area is 117 Å². The second-order valence-corrected chi connectivity index (χ2v) is 5.16. The third-order valence-electron chi connectivity index (χ3n) is 2.32. The number of hydrogen-bond donors (Lipinski definition) is 1. The topological polar surface area (TPSA) is 51.2 Å². The first kappa shape index (κ1) is 13.0. The lowest BCUT2D eigenvalue weighted by atomic mass is 10.2. The summed E-state index contributed by atoms with van der Waals surface area (Å²) in [6, 6.07) is 6.99. The Morgan fingerprint density at radius 1 is 1.56 bits per heavy atom. The van der Waals surface area contributed by atoms with E-state index in [4.69, 9.17) is 4.74 Å². The summed E-state index contributed by atoms with van der Waals surface area (Å²) in [4.78, 5) is 15.9. The number of methoxy groups -OCH3 is 1. The SMILES string of the molecule is COC(=O)C(Nc1cccc(Br)c1)c1cscn1. The standard InChI is InChI=1S/C12H11BrN2O2S/c1-17-12(16)11(10-6-18-7-14-10)15-9-4-2-3-8(13)5-9/h2-7,11,15H,1H3. The lowest BCUT2D eigenvalue weighted by Gasteiger charge is -2.15. The molecule has 0 saturated heterocycles. The highest BCUT2D eigenvalue weighted by Gasteiger charge is 2.23. The maximum Gasteiger partial charge on any atom is 0.334 e. The van der Waals surface area contributed by atoms with Crippen molar-refractivity contribution >= 4 is 38.9 Å². The Balaban J connectivity index is 2.23. The van der Waals surface area contributed by atoms with E-state index < -0.39 is 6.04 Å². The molecule has 0 amide bonds. The predicted octanol–water partition coefficient (Wildman–Crippen LogP) is 3.23. The Morgan fingerprint density at radius 2 is 2.39 bits per heavy atom. The number of nitrogens with zero attached hydrogens (tertiary/aromatic N) is 1. The van der Waals surface area contributed by atoms with E-state index in [1.165, 1.54) is 18.4 Å². The molecule has 0 aliphatic rings. The van der Waals surface area contributed by atoms with Crippen LogP contribution in [0, 0.1) is 0 Å². The second-order valence-electron chi connectivity index (χ2n) is 3.52. The first-order chi connectivity index (χ1) is 8.70. The molecular weight excluding hydrogens is 316 g/mol.